The summed E-state index contributed by atoms with van der Waals surface area (Å²) >= 11 is 0. The van der Waals surface area contributed by atoms with Gasteiger partial charge in [0, 0.05) is 58.5 Å². The van der Waals surface area contributed by atoms with E-state index in [1.807, 2.05) is 36.4 Å². The zero-order valence-electron chi connectivity index (χ0n) is 68.9. The van der Waals surface area contributed by atoms with Crippen molar-refractivity contribution in [3.8, 4) is 46.0 Å². The summed E-state index contributed by atoms with van der Waals surface area (Å²) in [6.07, 6.45) is 1.61. The number of fused-ring (bicyclic) bond motifs is 16. The maximum absolute atomic E-state index is 13.1. The molecule has 0 radical (unpaired) electrons. The maximum atomic E-state index is 13.1. The molecule has 7 N–H and O–H groups in total. The Kier molecular flexibility index (Phi) is 24.0. The molecule has 0 aromatic heterocycles. The van der Waals surface area contributed by atoms with Crippen LogP contribution in [0.1, 0.15) is 300 Å². The van der Waals surface area contributed by atoms with E-state index in [-0.39, 0.29) is 148 Å². The molecular formula is C95H126O11. The van der Waals surface area contributed by atoms with Gasteiger partial charge in [-0.3, -0.25) is 0 Å². The fourth-order valence-electron chi connectivity index (χ4n) is 14.2. The molecule has 0 heterocycles. The van der Waals surface area contributed by atoms with E-state index in [1.165, 1.54) is 0 Å². The van der Waals surface area contributed by atoms with Crippen LogP contribution in [0, 0.1) is 0 Å². The number of phenols is 7. The molecular weight excluding hydrogens is 1320 g/mol. The van der Waals surface area contributed by atoms with Gasteiger partial charge >= 0.3 is 0 Å². The minimum atomic E-state index is -0.376. The summed E-state index contributed by atoms with van der Waals surface area (Å²) < 4.78 is 24.1. The van der Waals surface area contributed by atoms with E-state index in [4.69, 9.17) is 18.9 Å². The number of hydrogen-bond donors (Lipinski definition) is 7. The lowest BCUT2D eigenvalue weighted by Gasteiger charge is -2.27. The van der Waals surface area contributed by atoms with Crippen molar-refractivity contribution in [1.82, 2.24) is 0 Å². The van der Waals surface area contributed by atoms with Crippen molar-refractivity contribution in [3.05, 3.63) is 231 Å². The SMILES string of the molecule is COCCOCCOCCOc1c2cc(C(C)(C)C)cc1Cc1cc(C(C)(C)C)cc(c1O)Cc1cc(C(C)(C)C)cc(c1O)Cc1cc(C(C)(C)C)cc(c1O)Cc1cc(C(C)(C)C)cc(c1O)Cc1cc(C(C)(C)C)cc(c1O)Cc1cc(C(C)(C)C)cc(c1O)Cc1cc(C(C)(C)C)cc(c1O)C2. The summed E-state index contributed by atoms with van der Waals surface area (Å²) in [6.45, 7) is 54.0. The van der Waals surface area contributed by atoms with E-state index in [2.05, 4.69) is 227 Å². The van der Waals surface area contributed by atoms with Crippen LogP contribution in [-0.2, 0) is 109 Å². The van der Waals surface area contributed by atoms with Crippen LogP contribution in [-0.4, -0.2) is 82.5 Å². The smallest absolute Gasteiger partial charge is 0.126 e. The average Bonchev–Trinajstić information content (AvgIpc) is 0.773. The summed E-state index contributed by atoms with van der Waals surface area (Å²) in [5.74, 6) is 1.20. The Morgan fingerprint density at radius 3 is 0.491 bits per heavy atom. The van der Waals surface area contributed by atoms with E-state index >= 15 is 0 Å². The first-order chi connectivity index (χ1) is 48.9. The molecule has 9 rings (SSSR count). The fourth-order valence-corrected chi connectivity index (χ4v) is 14.2. The van der Waals surface area contributed by atoms with Crippen molar-refractivity contribution in [2.75, 3.05) is 46.8 Å². The van der Waals surface area contributed by atoms with Crippen LogP contribution in [0.15, 0.2) is 97.1 Å². The topological polar surface area (TPSA) is 179 Å². The van der Waals surface area contributed by atoms with E-state index in [9.17, 15) is 35.7 Å². The van der Waals surface area contributed by atoms with Gasteiger partial charge in [-0.1, -0.05) is 263 Å². The number of phenolic OH excluding ortho intramolecular Hbond substituents is 7. The first kappa shape index (κ1) is 82.1. The molecule has 8 aromatic carbocycles. The number of methoxy groups -OCH3 is 1. The maximum Gasteiger partial charge on any atom is 0.126 e. The van der Waals surface area contributed by atoms with Crippen LogP contribution in [0.2, 0.25) is 0 Å². The molecule has 1 aliphatic carbocycles. The number of hydrogen-bond acceptors (Lipinski definition) is 11. The Morgan fingerprint density at radius 1 is 0.208 bits per heavy atom. The molecule has 0 fully saturated rings. The lowest BCUT2D eigenvalue weighted by atomic mass is 9.79. The monoisotopic (exact) mass is 1440 g/mol. The normalized spacial score (nSPS) is 14.0. The van der Waals surface area contributed by atoms with Crippen LogP contribution >= 0.6 is 0 Å². The molecule has 16 bridgehead atoms. The van der Waals surface area contributed by atoms with Gasteiger partial charge in [-0.25, -0.2) is 0 Å². The highest BCUT2D eigenvalue weighted by Gasteiger charge is 2.32. The highest BCUT2D eigenvalue weighted by atomic mass is 16.6. The van der Waals surface area contributed by atoms with Crippen molar-refractivity contribution in [1.29, 1.82) is 0 Å². The Bertz CT molecular complexity index is 4270. The van der Waals surface area contributed by atoms with Crippen molar-refractivity contribution >= 4 is 0 Å². The summed E-state index contributed by atoms with van der Waals surface area (Å²) in [5, 5.41) is 90.9. The average molecular weight is 1440 g/mol. The fraction of sp³-hybridized carbons (Fsp3) is 0.495. The molecule has 0 amide bonds. The van der Waals surface area contributed by atoms with Gasteiger partial charge in [0.1, 0.15) is 52.6 Å². The largest absolute Gasteiger partial charge is 0.507 e. The third-order valence-electron chi connectivity index (χ3n) is 21.4. The minimum Gasteiger partial charge on any atom is -0.507 e. The van der Waals surface area contributed by atoms with E-state index in [0.717, 1.165) is 55.6 Å². The molecule has 0 atom stereocenters. The highest BCUT2D eigenvalue weighted by Crippen LogP contribution is 2.47. The zero-order chi connectivity index (χ0) is 78.5. The van der Waals surface area contributed by atoms with E-state index < -0.39 is 0 Å². The molecule has 572 valence electrons. The molecule has 0 unspecified atom stereocenters. The summed E-state index contributed by atoms with van der Waals surface area (Å²) in [5.41, 5.74) is 15.6. The van der Waals surface area contributed by atoms with Crippen molar-refractivity contribution in [2.24, 2.45) is 0 Å². The van der Waals surface area contributed by atoms with Gasteiger partial charge in [0.15, 0.2) is 0 Å². The predicted octanol–water partition coefficient (Wildman–Crippen LogP) is 21.1. The van der Waals surface area contributed by atoms with Crippen molar-refractivity contribution in [3.63, 3.8) is 0 Å². The van der Waals surface area contributed by atoms with Gasteiger partial charge in [-0.05, 0) is 177 Å². The van der Waals surface area contributed by atoms with E-state index in [0.29, 0.717) is 110 Å². The third-order valence-corrected chi connectivity index (χ3v) is 21.4. The Balaban J connectivity index is 1.35. The van der Waals surface area contributed by atoms with Crippen LogP contribution in [0.5, 0.6) is 46.0 Å². The molecule has 0 saturated heterocycles. The summed E-state index contributed by atoms with van der Waals surface area (Å²) in [6, 6.07) is 33.2. The second-order valence-corrected chi connectivity index (χ2v) is 38.6. The highest BCUT2D eigenvalue weighted by molar-refractivity contribution is 5.62. The second kappa shape index (κ2) is 31.0. The molecule has 106 heavy (non-hydrogen) atoms. The lowest BCUT2D eigenvalue weighted by Crippen LogP contribution is -2.17. The molecule has 0 saturated carbocycles. The Labute approximate surface area is 635 Å². The van der Waals surface area contributed by atoms with Gasteiger partial charge in [-0.2, -0.15) is 0 Å². The van der Waals surface area contributed by atoms with Gasteiger partial charge in [0.05, 0.1) is 33.0 Å². The van der Waals surface area contributed by atoms with Gasteiger partial charge < -0.3 is 54.7 Å². The Morgan fingerprint density at radius 2 is 0.340 bits per heavy atom. The zero-order valence-corrected chi connectivity index (χ0v) is 68.9. The number of rotatable bonds is 10. The second-order valence-electron chi connectivity index (χ2n) is 38.6. The third kappa shape index (κ3) is 19.5. The molecule has 0 spiro atoms. The molecule has 1 aliphatic rings. The first-order valence-corrected chi connectivity index (χ1v) is 38.3. The molecule has 0 aliphatic heterocycles. The summed E-state index contributed by atoms with van der Waals surface area (Å²) in [7, 11) is 1.64. The predicted molar refractivity (Wildman–Crippen MR) is 434 cm³/mol. The van der Waals surface area contributed by atoms with Crippen LogP contribution in [0.3, 0.4) is 0 Å². The van der Waals surface area contributed by atoms with Gasteiger partial charge in [0.25, 0.3) is 0 Å². The molecule has 11 heteroatoms. The lowest BCUT2D eigenvalue weighted by molar-refractivity contribution is 0.0178. The van der Waals surface area contributed by atoms with Crippen LogP contribution in [0.4, 0.5) is 0 Å². The van der Waals surface area contributed by atoms with Gasteiger partial charge in [-0.15, -0.1) is 0 Å². The number of ether oxygens (including phenoxy) is 4. The number of benzene rings is 8. The van der Waals surface area contributed by atoms with Crippen molar-refractivity contribution < 1.29 is 54.7 Å². The van der Waals surface area contributed by atoms with Crippen molar-refractivity contribution in [2.45, 2.75) is 261 Å². The quantitative estimate of drug-likeness (QED) is 0.0648. The standard InChI is InChI=1S/C95H126O11/c1-88(2,3)72-40-56-32-58-42-73(89(4,5)6)44-60(81(58)97)34-62-46-75(91(10,11)12)48-64(83(62)99)36-66-50-77(93(16,17)18)52-68(85(66)101)38-70-54-79(95(22,23)24)55-71(87(70)106-31-30-105-29-28-104-27-26-103-25)39-69-53-78(94(19,20)21)51-67(86(69)102)37-65-49-76(92(13,14)15)47-63(84(65)100)35-61-45-74(90(7,8)9)43-59(82(61)98)33-57(41-72)80(56)96/h40-55,96-102H,26-39H2,1-25H3. The summed E-state index contributed by atoms with van der Waals surface area (Å²) in [4.78, 5) is 0. The molecule has 11 nitrogen and oxygen atoms in total. The minimum absolute atomic E-state index is 0.0708. The van der Waals surface area contributed by atoms with Crippen LogP contribution < -0.4 is 4.74 Å². The van der Waals surface area contributed by atoms with Gasteiger partial charge in [0.2, 0.25) is 0 Å². The van der Waals surface area contributed by atoms with E-state index in [1.54, 1.807) is 7.11 Å². The first-order valence-electron chi connectivity index (χ1n) is 38.3. The number of aromatic hydroxyl groups is 7. The van der Waals surface area contributed by atoms with Crippen LogP contribution in [0.25, 0.3) is 0 Å². The Hall–Kier alpha value is -7.96. The molecule has 8 aromatic rings.